The molecule has 138 valence electrons. The van der Waals surface area contributed by atoms with Crippen molar-refractivity contribution >= 4 is 36.6 Å². The molecule has 4 N–H and O–H groups in total. The number of aromatic nitrogens is 2. The number of ether oxygens (including phenoxy) is 1. The summed E-state index contributed by atoms with van der Waals surface area (Å²) >= 11 is 0. The van der Waals surface area contributed by atoms with E-state index in [1.54, 1.807) is 0 Å². The number of hydrogen-bond donors (Lipinski definition) is 3. The van der Waals surface area contributed by atoms with Gasteiger partial charge in [0.15, 0.2) is 0 Å². The van der Waals surface area contributed by atoms with Crippen molar-refractivity contribution in [3.8, 4) is 0 Å². The minimum absolute atomic E-state index is 0. The zero-order valence-electron chi connectivity index (χ0n) is 14.0. The number of hydrogen-bond acceptors (Lipinski definition) is 7. The quantitative estimate of drug-likeness (QED) is 0.712. The fourth-order valence-electron chi connectivity index (χ4n) is 3.10. The third-order valence-electron chi connectivity index (χ3n) is 4.32. The normalized spacial score (nSPS) is 21.7. The summed E-state index contributed by atoms with van der Waals surface area (Å²) in [6.07, 6.45) is 2.53. The molecule has 2 fully saturated rings. The maximum atomic E-state index is 5.74. The van der Waals surface area contributed by atoms with Crippen molar-refractivity contribution in [1.29, 1.82) is 0 Å². The van der Waals surface area contributed by atoms with Crippen LogP contribution < -0.4 is 21.3 Å². The van der Waals surface area contributed by atoms with Gasteiger partial charge < -0.3 is 26.0 Å². The average molecular weight is 379 g/mol. The molecule has 1 unspecified atom stereocenters. The van der Waals surface area contributed by atoms with Gasteiger partial charge in [0.25, 0.3) is 0 Å². The first-order valence-electron chi connectivity index (χ1n) is 8.12. The van der Waals surface area contributed by atoms with Gasteiger partial charge in [0.05, 0.1) is 12.7 Å². The lowest BCUT2D eigenvalue weighted by Crippen LogP contribution is -2.49. The van der Waals surface area contributed by atoms with Crippen molar-refractivity contribution in [2.45, 2.75) is 31.9 Å². The number of aryl methyl sites for hydroxylation is 1. The molecule has 2 aliphatic heterocycles. The zero-order valence-corrected chi connectivity index (χ0v) is 15.7. The summed E-state index contributed by atoms with van der Waals surface area (Å²) in [6, 6.07) is 2.56. The van der Waals surface area contributed by atoms with E-state index in [4.69, 9.17) is 10.5 Å². The number of rotatable bonds is 4. The molecule has 0 bridgehead atoms. The van der Waals surface area contributed by atoms with Gasteiger partial charge in [0, 0.05) is 50.5 Å². The fourth-order valence-corrected chi connectivity index (χ4v) is 3.10. The Bertz CT molecular complexity index is 473. The topological polar surface area (TPSA) is 88.3 Å². The lowest BCUT2D eigenvalue weighted by Gasteiger charge is -2.34. The third kappa shape index (κ3) is 5.89. The van der Waals surface area contributed by atoms with Crippen LogP contribution in [0.3, 0.4) is 0 Å². The Kier molecular flexibility index (Phi) is 9.01. The molecule has 2 saturated heterocycles. The van der Waals surface area contributed by atoms with E-state index in [0.717, 1.165) is 63.7 Å². The molecular formula is C15H28Cl2N6O. The monoisotopic (exact) mass is 378 g/mol. The van der Waals surface area contributed by atoms with E-state index in [1.807, 2.05) is 13.0 Å². The minimum Gasteiger partial charge on any atom is -0.374 e. The number of anilines is 2. The molecule has 1 atom stereocenters. The van der Waals surface area contributed by atoms with Crippen LogP contribution in [0, 0.1) is 6.92 Å². The second kappa shape index (κ2) is 10.2. The lowest BCUT2D eigenvalue weighted by molar-refractivity contribution is 0.0271. The lowest BCUT2D eigenvalue weighted by atomic mass is 10.0. The van der Waals surface area contributed by atoms with Crippen molar-refractivity contribution < 1.29 is 4.74 Å². The molecule has 9 heteroatoms. The fraction of sp³-hybridized carbons (Fsp3) is 0.733. The van der Waals surface area contributed by atoms with E-state index in [2.05, 4.69) is 25.5 Å². The first-order chi connectivity index (χ1) is 10.7. The van der Waals surface area contributed by atoms with Crippen LogP contribution in [0.25, 0.3) is 0 Å². The van der Waals surface area contributed by atoms with Gasteiger partial charge in [0.2, 0.25) is 5.95 Å². The summed E-state index contributed by atoms with van der Waals surface area (Å²) in [7, 11) is 0. The second-order valence-corrected chi connectivity index (χ2v) is 6.09. The molecule has 24 heavy (non-hydrogen) atoms. The number of nitrogens with one attached hydrogen (secondary N) is 2. The number of morpholine rings is 1. The van der Waals surface area contributed by atoms with E-state index in [-0.39, 0.29) is 24.8 Å². The van der Waals surface area contributed by atoms with Gasteiger partial charge in [-0.25, -0.2) is 4.98 Å². The first kappa shape index (κ1) is 21.2. The summed E-state index contributed by atoms with van der Waals surface area (Å²) in [4.78, 5) is 10.8. The average Bonchev–Trinajstić information content (AvgIpc) is 2.53. The van der Waals surface area contributed by atoms with Gasteiger partial charge in [-0.1, -0.05) is 0 Å². The van der Waals surface area contributed by atoms with E-state index >= 15 is 0 Å². The molecule has 1 aromatic heterocycles. The second-order valence-electron chi connectivity index (χ2n) is 6.09. The highest BCUT2D eigenvalue weighted by atomic mass is 35.5. The Morgan fingerprint density at radius 1 is 1.33 bits per heavy atom. The SMILES string of the molecule is Cc1cc(N2CCC(NCC3CNCCO3)CC2)nc(N)n1.Cl.Cl. The van der Waals surface area contributed by atoms with Crippen LogP contribution >= 0.6 is 24.8 Å². The molecule has 0 aromatic carbocycles. The zero-order chi connectivity index (χ0) is 15.4. The standard InChI is InChI=1S/C15H26N6O.2ClH/c1-11-8-14(20-15(16)19-11)21-5-2-12(3-6-21)18-10-13-9-17-4-7-22-13;;/h8,12-13,17-18H,2-7,9-10H2,1H3,(H2,16,19,20);2*1H. The number of piperidine rings is 1. The van der Waals surface area contributed by atoms with Crippen LogP contribution in [-0.2, 0) is 4.74 Å². The van der Waals surface area contributed by atoms with E-state index < -0.39 is 0 Å². The molecule has 0 saturated carbocycles. The number of halogens is 2. The van der Waals surface area contributed by atoms with Crippen molar-refractivity contribution in [2.24, 2.45) is 0 Å². The van der Waals surface area contributed by atoms with Crippen molar-refractivity contribution in [2.75, 3.05) is 50.0 Å². The van der Waals surface area contributed by atoms with Crippen LogP contribution in [0.15, 0.2) is 6.07 Å². The van der Waals surface area contributed by atoms with Crippen LogP contribution in [0.5, 0.6) is 0 Å². The largest absolute Gasteiger partial charge is 0.374 e. The molecule has 1 aromatic rings. The highest BCUT2D eigenvalue weighted by Gasteiger charge is 2.22. The van der Waals surface area contributed by atoms with Gasteiger partial charge in [-0.15, -0.1) is 24.8 Å². The van der Waals surface area contributed by atoms with Gasteiger partial charge in [-0.05, 0) is 19.8 Å². The highest BCUT2D eigenvalue weighted by molar-refractivity contribution is 5.85. The predicted octanol–water partition coefficient (Wildman–Crippen LogP) is 0.758. The molecule has 3 rings (SSSR count). The number of nitrogen functional groups attached to an aromatic ring is 1. The molecule has 0 radical (unpaired) electrons. The Morgan fingerprint density at radius 3 is 2.71 bits per heavy atom. The van der Waals surface area contributed by atoms with Crippen molar-refractivity contribution in [3.63, 3.8) is 0 Å². The Balaban J connectivity index is 0.00000144. The minimum atomic E-state index is 0. The maximum Gasteiger partial charge on any atom is 0.222 e. The molecule has 0 amide bonds. The Labute approximate surface area is 155 Å². The molecule has 2 aliphatic rings. The van der Waals surface area contributed by atoms with Gasteiger partial charge in [-0.3, -0.25) is 0 Å². The molecule has 7 nitrogen and oxygen atoms in total. The van der Waals surface area contributed by atoms with E-state index in [1.165, 1.54) is 0 Å². The Morgan fingerprint density at radius 2 is 2.08 bits per heavy atom. The number of nitrogens with two attached hydrogens (primary N) is 1. The predicted molar refractivity (Wildman–Crippen MR) is 102 cm³/mol. The summed E-state index contributed by atoms with van der Waals surface area (Å²) in [6.45, 7) is 7.61. The van der Waals surface area contributed by atoms with Gasteiger partial charge in [-0.2, -0.15) is 4.98 Å². The summed E-state index contributed by atoms with van der Waals surface area (Å²) in [5.41, 5.74) is 6.66. The summed E-state index contributed by atoms with van der Waals surface area (Å²) in [5.74, 6) is 1.31. The molecule has 0 aliphatic carbocycles. The third-order valence-corrected chi connectivity index (χ3v) is 4.32. The Hall–Kier alpha value is -0.860. The smallest absolute Gasteiger partial charge is 0.222 e. The van der Waals surface area contributed by atoms with E-state index in [0.29, 0.717) is 18.1 Å². The van der Waals surface area contributed by atoms with Gasteiger partial charge >= 0.3 is 0 Å². The van der Waals surface area contributed by atoms with E-state index in [9.17, 15) is 0 Å². The summed E-state index contributed by atoms with van der Waals surface area (Å²) in [5, 5.41) is 7.00. The van der Waals surface area contributed by atoms with Crippen LogP contribution in [-0.4, -0.2) is 61.4 Å². The highest BCUT2D eigenvalue weighted by Crippen LogP contribution is 2.19. The molecule has 0 spiro atoms. The van der Waals surface area contributed by atoms with Crippen molar-refractivity contribution in [1.82, 2.24) is 20.6 Å². The summed E-state index contributed by atoms with van der Waals surface area (Å²) < 4.78 is 5.72. The molecule has 3 heterocycles. The first-order valence-corrected chi connectivity index (χ1v) is 8.12. The molecular weight excluding hydrogens is 351 g/mol. The maximum absolute atomic E-state index is 5.74. The van der Waals surface area contributed by atoms with Crippen LogP contribution in [0.1, 0.15) is 18.5 Å². The van der Waals surface area contributed by atoms with Gasteiger partial charge in [0.1, 0.15) is 5.82 Å². The van der Waals surface area contributed by atoms with Crippen LogP contribution in [0.2, 0.25) is 0 Å². The van der Waals surface area contributed by atoms with Crippen molar-refractivity contribution in [3.05, 3.63) is 11.8 Å². The number of nitrogens with zero attached hydrogens (tertiary/aromatic N) is 3. The van der Waals surface area contributed by atoms with Crippen LogP contribution in [0.4, 0.5) is 11.8 Å².